The lowest BCUT2D eigenvalue weighted by Gasteiger charge is -2.04. The van der Waals surface area contributed by atoms with Crippen LogP contribution in [0.4, 0.5) is 11.4 Å². The second kappa shape index (κ2) is 8.69. The van der Waals surface area contributed by atoms with Gasteiger partial charge in [-0.05, 0) is 36.4 Å². The van der Waals surface area contributed by atoms with E-state index in [0.29, 0.717) is 4.68 Å². The second-order valence-corrected chi connectivity index (χ2v) is 9.79. The molecule has 0 aliphatic carbocycles. The highest BCUT2D eigenvalue weighted by atomic mass is 35.5. The van der Waals surface area contributed by atoms with E-state index in [2.05, 4.69) is 15.3 Å². The quantitative estimate of drug-likeness (QED) is 0.269. The summed E-state index contributed by atoms with van der Waals surface area (Å²) in [6.07, 6.45) is 0. The number of hydrogen-bond donors (Lipinski definition) is 4. The molecule has 3 aromatic rings. The maximum Gasteiger partial charge on any atom is 0.356 e. The number of aromatic carboxylic acids is 1. The lowest BCUT2D eigenvalue weighted by molar-refractivity contribution is 0.0690. The molecule has 0 saturated heterocycles. The third-order valence-electron chi connectivity index (χ3n) is 4.01. The van der Waals surface area contributed by atoms with Crippen molar-refractivity contribution in [1.82, 2.24) is 9.78 Å². The number of aromatic amines is 1. The van der Waals surface area contributed by atoms with E-state index in [1.165, 1.54) is 0 Å². The molecule has 0 atom stereocenters. The molecule has 0 saturated carbocycles. The Balaban J connectivity index is 2.15. The molecule has 13 nitrogen and oxygen atoms in total. The number of benzene rings is 2. The Morgan fingerprint density at radius 3 is 2.03 bits per heavy atom. The van der Waals surface area contributed by atoms with Crippen LogP contribution in [0.2, 0.25) is 10.0 Å². The molecule has 174 valence electrons. The molecule has 0 bridgehead atoms. The molecule has 0 aliphatic rings. The first-order chi connectivity index (χ1) is 15.2. The molecule has 0 radical (unpaired) electrons. The van der Waals surface area contributed by atoms with Crippen LogP contribution in [0.5, 0.6) is 0 Å². The summed E-state index contributed by atoms with van der Waals surface area (Å²) < 4.78 is 64.6. The number of carboxylic acid groups (broad SMARTS) is 1. The lowest BCUT2D eigenvalue weighted by Crippen LogP contribution is -2.14. The van der Waals surface area contributed by atoms with Crippen LogP contribution in [-0.2, 0) is 20.2 Å². The molecule has 1 heterocycles. The Morgan fingerprint density at radius 2 is 1.52 bits per heavy atom. The van der Waals surface area contributed by atoms with Gasteiger partial charge in [0.2, 0.25) is 0 Å². The van der Waals surface area contributed by atoms with Gasteiger partial charge in [-0.2, -0.15) is 16.8 Å². The number of H-pyrrole nitrogens is 1. The number of nitrogens with one attached hydrogen (secondary N) is 1. The molecule has 0 fully saturated rings. The zero-order valence-corrected chi connectivity index (χ0v) is 18.8. The molecule has 0 amide bonds. The molecule has 0 spiro atoms. The van der Waals surface area contributed by atoms with Crippen molar-refractivity contribution in [2.45, 2.75) is 9.79 Å². The molecule has 1 aromatic heterocycles. The molecule has 4 N–H and O–H groups in total. The standard InChI is InChI=1S/C16H10Cl2N4O9S2/c17-9-5-11(12(6-10(9)18)33(29,30)31)19-20-13-14(16(24)25)21-22(15(13)23)7-1-3-8(4-2-7)32(26,27)28/h1-6,21H,(H,24,25)(H,26,27,28)(H,29,30,31). The number of nitrogens with zero attached hydrogens (tertiary/aromatic N) is 3. The number of aromatic nitrogens is 2. The van der Waals surface area contributed by atoms with Crippen molar-refractivity contribution in [1.29, 1.82) is 0 Å². The SMILES string of the molecule is O=C(O)c1[nH]n(-c2ccc(S(=O)(=O)O)cc2)c(=O)c1N=Nc1cc(Cl)c(Cl)cc1S(=O)(=O)O. The fourth-order valence-corrected chi connectivity index (χ4v) is 4.02. The van der Waals surface area contributed by atoms with Crippen LogP contribution in [0.3, 0.4) is 0 Å². The van der Waals surface area contributed by atoms with Gasteiger partial charge in [0.1, 0.15) is 10.6 Å². The largest absolute Gasteiger partial charge is 0.476 e. The molecular formula is C16H10Cl2N4O9S2. The Morgan fingerprint density at radius 1 is 0.939 bits per heavy atom. The van der Waals surface area contributed by atoms with E-state index in [4.69, 9.17) is 27.8 Å². The topological polar surface area (TPSA) is 209 Å². The predicted octanol–water partition coefficient (Wildman–Crippen LogP) is 3.08. The van der Waals surface area contributed by atoms with Crippen LogP contribution in [0, 0.1) is 0 Å². The van der Waals surface area contributed by atoms with E-state index in [0.717, 1.165) is 36.4 Å². The highest BCUT2D eigenvalue weighted by Gasteiger charge is 2.23. The Labute approximate surface area is 194 Å². The summed E-state index contributed by atoms with van der Waals surface area (Å²) in [5, 5.41) is 18.3. The predicted molar refractivity (Wildman–Crippen MR) is 114 cm³/mol. The van der Waals surface area contributed by atoms with Crippen LogP contribution < -0.4 is 5.56 Å². The normalized spacial score (nSPS) is 12.4. The van der Waals surface area contributed by atoms with Gasteiger partial charge in [-0.15, -0.1) is 10.2 Å². The summed E-state index contributed by atoms with van der Waals surface area (Å²) in [6.45, 7) is 0. The minimum absolute atomic E-state index is 0.0236. The maximum atomic E-state index is 12.7. The van der Waals surface area contributed by atoms with Gasteiger partial charge in [0.15, 0.2) is 11.4 Å². The molecular weight excluding hydrogens is 527 g/mol. The number of carbonyl (C=O) groups is 1. The van der Waals surface area contributed by atoms with Gasteiger partial charge >= 0.3 is 5.97 Å². The van der Waals surface area contributed by atoms with Crippen molar-refractivity contribution in [2.24, 2.45) is 10.2 Å². The van der Waals surface area contributed by atoms with Crippen LogP contribution in [0.25, 0.3) is 5.69 Å². The zero-order chi connectivity index (χ0) is 24.7. The molecule has 3 rings (SSSR count). The van der Waals surface area contributed by atoms with E-state index in [1.807, 2.05) is 0 Å². The number of rotatable bonds is 6. The van der Waals surface area contributed by atoms with Gasteiger partial charge in [0, 0.05) is 0 Å². The number of hydrogen-bond acceptors (Lipinski definition) is 8. The van der Waals surface area contributed by atoms with Crippen molar-refractivity contribution < 1.29 is 35.8 Å². The van der Waals surface area contributed by atoms with E-state index >= 15 is 0 Å². The number of azo groups is 1. The van der Waals surface area contributed by atoms with Gasteiger partial charge in [-0.3, -0.25) is 19.0 Å². The maximum absolute atomic E-state index is 12.7. The van der Waals surface area contributed by atoms with Crippen molar-refractivity contribution in [3.05, 3.63) is 62.5 Å². The summed E-state index contributed by atoms with van der Waals surface area (Å²) in [4.78, 5) is 23.0. The number of carboxylic acids is 1. The van der Waals surface area contributed by atoms with Gasteiger partial charge in [-0.1, -0.05) is 23.2 Å². The summed E-state index contributed by atoms with van der Waals surface area (Å²) in [6, 6.07) is 5.85. The van der Waals surface area contributed by atoms with Gasteiger partial charge in [0.25, 0.3) is 25.8 Å². The van der Waals surface area contributed by atoms with Crippen molar-refractivity contribution >= 4 is 60.8 Å². The molecule has 0 unspecified atom stereocenters. The highest BCUT2D eigenvalue weighted by molar-refractivity contribution is 7.86. The summed E-state index contributed by atoms with van der Waals surface area (Å²) in [7, 11) is -9.35. The first-order valence-electron chi connectivity index (χ1n) is 8.24. The average molecular weight is 537 g/mol. The third kappa shape index (κ3) is 5.13. The van der Waals surface area contributed by atoms with E-state index in [1.54, 1.807) is 0 Å². The minimum atomic E-state index is -4.84. The fraction of sp³-hybridized carbons (Fsp3) is 0. The van der Waals surface area contributed by atoms with Crippen molar-refractivity contribution in [2.75, 3.05) is 0 Å². The van der Waals surface area contributed by atoms with Gasteiger partial charge in [0.05, 0.1) is 20.6 Å². The molecule has 0 aliphatic heterocycles. The fourth-order valence-electron chi connectivity index (χ4n) is 2.53. The zero-order valence-electron chi connectivity index (χ0n) is 15.7. The summed E-state index contributed by atoms with van der Waals surface area (Å²) >= 11 is 11.6. The van der Waals surface area contributed by atoms with Crippen molar-refractivity contribution in [3.63, 3.8) is 0 Å². The number of halogens is 2. The van der Waals surface area contributed by atoms with Crippen LogP contribution in [0.1, 0.15) is 10.5 Å². The first kappa shape index (κ1) is 24.6. The Bertz CT molecular complexity index is 1580. The van der Waals surface area contributed by atoms with E-state index in [-0.39, 0.29) is 15.7 Å². The van der Waals surface area contributed by atoms with Crippen LogP contribution >= 0.6 is 23.2 Å². The monoisotopic (exact) mass is 536 g/mol. The van der Waals surface area contributed by atoms with Gasteiger partial charge in [-0.25, -0.2) is 9.48 Å². The van der Waals surface area contributed by atoms with Crippen LogP contribution in [-0.4, -0.2) is 46.8 Å². The van der Waals surface area contributed by atoms with E-state index < -0.39 is 58.6 Å². The summed E-state index contributed by atoms with van der Waals surface area (Å²) in [5.74, 6) is -1.63. The Kier molecular flexibility index (Phi) is 6.47. The minimum Gasteiger partial charge on any atom is -0.476 e. The van der Waals surface area contributed by atoms with E-state index in [9.17, 15) is 36.1 Å². The van der Waals surface area contributed by atoms with Gasteiger partial charge < -0.3 is 5.11 Å². The first-order valence-corrected chi connectivity index (χ1v) is 11.9. The second-order valence-electron chi connectivity index (χ2n) is 6.16. The van der Waals surface area contributed by atoms with Crippen molar-refractivity contribution in [3.8, 4) is 5.69 Å². The Hall–Kier alpha value is -3.08. The smallest absolute Gasteiger partial charge is 0.356 e. The molecule has 17 heteroatoms. The highest BCUT2D eigenvalue weighted by Crippen LogP contribution is 2.34. The average Bonchev–Trinajstić information content (AvgIpc) is 3.04. The third-order valence-corrected chi connectivity index (χ3v) is 6.48. The summed E-state index contributed by atoms with van der Waals surface area (Å²) in [5.41, 5.74) is -3.11. The molecule has 2 aromatic carbocycles. The van der Waals surface area contributed by atoms with Crippen LogP contribution in [0.15, 0.2) is 61.2 Å². The lowest BCUT2D eigenvalue weighted by atomic mass is 10.3. The molecule has 33 heavy (non-hydrogen) atoms.